The van der Waals surface area contributed by atoms with Crippen LogP contribution >= 0.6 is 0 Å². The Morgan fingerprint density at radius 2 is 1.45 bits per heavy atom. The van der Waals surface area contributed by atoms with Gasteiger partial charge in [-0.25, -0.2) is 9.59 Å². The second kappa shape index (κ2) is 9.09. The second-order valence-electron chi connectivity index (χ2n) is 7.07. The van der Waals surface area contributed by atoms with Gasteiger partial charge >= 0.3 is 12.1 Å². The summed E-state index contributed by atoms with van der Waals surface area (Å²) >= 11 is 0. The lowest BCUT2D eigenvalue weighted by Gasteiger charge is -2.20. The highest BCUT2D eigenvalue weighted by atomic mass is 16.6. The van der Waals surface area contributed by atoms with Crippen molar-refractivity contribution in [3.8, 4) is 5.75 Å². The number of hydrogen-bond acceptors (Lipinski definition) is 6. The van der Waals surface area contributed by atoms with Crippen LogP contribution in [-0.4, -0.2) is 37.8 Å². The predicted molar refractivity (Wildman–Crippen MR) is 109 cm³/mol. The van der Waals surface area contributed by atoms with Crippen LogP contribution in [0.2, 0.25) is 0 Å². The number of amides is 2. The van der Waals surface area contributed by atoms with E-state index in [1.807, 2.05) is 0 Å². The molecule has 8 heteroatoms. The molecule has 2 aromatic rings. The number of carbonyl (C=O) groups excluding carboxylic acids is 3. The first-order chi connectivity index (χ1) is 13.6. The monoisotopic (exact) mass is 400 g/mol. The summed E-state index contributed by atoms with van der Waals surface area (Å²) in [6.45, 7) is 5.26. The van der Waals surface area contributed by atoms with Crippen LogP contribution in [0.1, 0.15) is 41.5 Å². The second-order valence-corrected chi connectivity index (χ2v) is 7.07. The third-order valence-corrected chi connectivity index (χ3v) is 3.64. The van der Waals surface area contributed by atoms with Gasteiger partial charge in [0.25, 0.3) is 5.91 Å². The van der Waals surface area contributed by atoms with E-state index in [0.717, 1.165) is 0 Å². The largest absolute Gasteiger partial charge is 0.497 e. The lowest BCUT2D eigenvalue weighted by molar-refractivity contribution is 0.0597. The van der Waals surface area contributed by atoms with Gasteiger partial charge in [0.2, 0.25) is 0 Å². The van der Waals surface area contributed by atoms with Gasteiger partial charge in [-0.1, -0.05) is 12.1 Å². The normalized spacial score (nSPS) is 10.7. The lowest BCUT2D eigenvalue weighted by atomic mass is 10.1. The average Bonchev–Trinajstić information content (AvgIpc) is 2.66. The van der Waals surface area contributed by atoms with E-state index in [1.54, 1.807) is 45.0 Å². The minimum atomic E-state index is -0.660. The van der Waals surface area contributed by atoms with Crippen LogP contribution in [0, 0.1) is 0 Å². The molecule has 0 saturated heterocycles. The van der Waals surface area contributed by atoms with E-state index in [4.69, 9.17) is 14.2 Å². The van der Waals surface area contributed by atoms with Gasteiger partial charge in [-0.2, -0.15) is 0 Å². The molecule has 0 atom stereocenters. The minimum Gasteiger partial charge on any atom is -0.497 e. The molecule has 2 amide bonds. The maximum Gasteiger partial charge on any atom is 0.412 e. The summed E-state index contributed by atoms with van der Waals surface area (Å²) in [5.41, 5.74) is 0.443. The highest BCUT2D eigenvalue weighted by Gasteiger charge is 2.19. The summed E-state index contributed by atoms with van der Waals surface area (Å²) in [4.78, 5) is 36.6. The number of hydrogen-bond donors (Lipinski definition) is 2. The van der Waals surface area contributed by atoms with Crippen molar-refractivity contribution < 1.29 is 28.6 Å². The van der Waals surface area contributed by atoms with E-state index >= 15 is 0 Å². The lowest BCUT2D eigenvalue weighted by Crippen LogP contribution is -2.27. The molecule has 0 aliphatic heterocycles. The van der Waals surface area contributed by atoms with E-state index in [0.29, 0.717) is 17.1 Å². The highest BCUT2D eigenvalue weighted by Crippen LogP contribution is 2.24. The Bertz CT molecular complexity index is 918. The van der Waals surface area contributed by atoms with Gasteiger partial charge in [0.1, 0.15) is 11.4 Å². The van der Waals surface area contributed by atoms with Crippen molar-refractivity contribution in [3.63, 3.8) is 0 Å². The molecule has 2 aromatic carbocycles. The quantitative estimate of drug-likeness (QED) is 0.733. The standard InChI is InChI=1S/C21H24N2O6/c1-21(2,3)29-20(26)23-17-9-7-6-8-16(17)22-18(24)13-10-14(19(25)28-5)12-15(11-13)27-4/h6-12H,1-5H3,(H,22,24)(H,23,26). The fourth-order valence-corrected chi connectivity index (χ4v) is 2.39. The van der Waals surface area contributed by atoms with Crippen molar-refractivity contribution in [2.45, 2.75) is 26.4 Å². The highest BCUT2D eigenvalue weighted by molar-refractivity contribution is 6.08. The Hall–Kier alpha value is -3.55. The third kappa shape index (κ3) is 6.24. The maximum atomic E-state index is 12.7. The average molecular weight is 400 g/mol. The van der Waals surface area contributed by atoms with Gasteiger partial charge in [0, 0.05) is 5.56 Å². The van der Waals surface area contributed by atoms with Gasteiger partial charge < -0.3 is 19.5 Å². The Balaban J connectivity index is 2.25. The topological polar surface area (TPSA) is 103 Å². The first kappa shape index (κ1) is 21.7. The van der Waals surface area contributed by atoms with E-state index in [9.17, 15) is 14.4 Å². The Kier molecular flexibility index (Phi) is 6.82. The Labute approximate surface area is 169 Å². The summed E-state index contributed by atoms with van der Waals surface area (Å²) in [6, 6.07) is 11.0. The van der Waals surface area contributed by atoms with Gasteiger partial charge in [-0.05, 0) is 51.1 Å². The van der Waals surface area contributed by atoms with Crippen molar-refractivity contribution in [1.29, 1.82) is 0 Å². The van der Waals surface area contributed by atoms with Crippen molar-refractivity contribution in [2.75, 3.05) is 24.9 Å². The molecule has 8 nitrogen and oxygen atoms in total. The molecule has 0 fully saturated rings. The third-order valence-electron chi connectivity index (χ3n) is 3.64. The minimum absolute atomic E-state index is 0.178. The van der Waals surface area contributed by atoms with Crippen LogP contribution in [0.4, 0.5) is 16.2 Å². The Morgan fingerprint density at radius 1 is 0.862 bits per heavy atom. The zero-order valence-corrected chi connectivity index (χ0v) is 17.0. The van der Waals surface area contributed by atoms with Crippen molar-refractivity contribution >= 4 is 29.3 Å². The zero-order valence-electron chi connectivity index (χ0n) is 17.0. The summed E-state index contributed by atoms with van der Waals surface area (Å²) < 4.78 is 15.1. The summed E-state index contributed by atoms with van der Waals surface area (Å²) in [5.74, 6) is -0.754. The number of para-hydroxylation sites is 2. The fraction of sp³-hybridized carbons (Fsp3) is 0.286. The zero-order chi connectivity index (χ0) is 21.6. The van der Waals surface area contributed by atoms with E-state index in [-0.39, 0.29) is 11.1 Å². The first-order valence-corrected chi connectivity index (χ1v) is 8.80. The number of rotatable bonds is 5. The van der Waals surface area contributed by atoms with Crippen LogP contribution in [0.5, 0.6) is 5.75 Å². The van der Waals surface area contributed by atoms with Crippen LogP contribution in [0.15, 0.2) is 42.5 Å². The van der Waals surface area contributed by atoms with E-state index in [1.165, 1.54) is 32.4 Å². The molecule has 0 heterocycles. The van der Waals surface area contributed by atoms with Crippen LogP contribution in [0.3, 0.4) is 0 Å². The van der Waals surface area contributed by atoms with Crippen molar-refractivity contribution in [2.24, 2.45) is 0 Å². The molecule has 0 aliphatic carbocycles. The molecule has 0 unspecified atom stereocenters. The molecule has 0 aromatic heterocycles. The number of benzene rings is 2. The molecule has 2 N–H and O–H groups in total. The smallest absolute Gasteiger partial charge is 0.412 e. The van der Waals surface area contributed by atoms with Crippen molar-refractivity contribution in [1.82, 2.24) is 0 Å². The summed E-state index contributed by atoms with van der Waals surface area (Å²) in [5, 5.41) is 5.32. The molecular formula is C21H24N2O6. The molecule has 154 valence electrons. The summed E-state index contributed by atoms with van der Waals surface area (Å²) in [6.07, 6.45) is -0.645. The molecule has 0 bridgehead atoms. The molecule has 0 spiro atoms. The number of anilines is 2. The molecular weight excluding hydrogens is 376 g/mol. The number of esters is 1. The summed E-state index contributed by atoms with van der Waals surface area (Å²) in [7, 11) is 2.68. The number of ether oxygens (including phenoxy) is 3. The van der Waals surface area contributed by atoms with Crippen molar-refractivity contribution in [3.05, 3.63) is 53.6 Å². The molecule has 0 radical (unpaired) electrons. The SMILES string of the molecule is COC(=O)c1cc(OC)cc(C(=O)Nc2ccccc2NC(=O)OC(C)(C)C)c1. The maximum absolute atomic E-state index is 12.7. The molecule has 29 heavy (non-hydrogen) atoms. The fourth-order valence-electron chi connectivity index (χ4n) is 2.39. The van der Waals surface area contributed by atoms with E-state index in [2.05, 4.69) is 10.6 Å². The van der Waals surface area contributed by atoms with Crippen LogP contribution in [0.25, 0.3) is 0 Å². The number of carbonyl (C=O) groups is 3. The van der Waals surface area contributed by atoms with Crippen LogP contribution in [-0.2, 0) is 9.47 Å². The number of nitrogens with one attached hydrogen (secondary N) is 2. The predicted octanol–water partition coefficient (Wildman–Crippen LogP) is 4.08. The van der Waals surface area contributed by atoms with Gasteiger partial charge in [-0.3, -0.25) is 10.1 Å². The number of methoxy groups -OCH3 is 2. The first-order valence-electron chi connectivity index (χ1n) is 8.80. The van der Waals surface area contributed by atoms with E-state index < -0.39 is 23.6 Å². The van der Waals surface area contributed by atoms with Gasteiger partial charge in [0.15, 0.2) is 0 Å². The molecule has 0 aliphatic rings. The van der Waals surface area contributed by atoms with Crippen LogP contribution < -0.4 is 15.4 Å². The molecule has 2 rings (SSSR count). The Morgan fingerprint density at radius 3 is 2.00 bits per heavy atom. The molecule has 0 saturated carbocycles. The van der Waals surface area contributed by atoms with Gasteiger partial charge in [0.05, 0.1) is 31.2 Å². The van der Waals surface area contributed by atoms with Gasteiger partial charge in [-0.15, -0.1) is 0 Å².